The number of aromatic nitrogens is 1. The number of ether oxygens (including phenoxy) is 2. The Bertz CT molecular complexity index is 1010. The van der Waals surface area contributed by atoms with E-state index >= 15 is 0 Å². The molecule has 2 aromatic carbocycles. The first-order chi connectivity index (χ1) is 12.7. The van der Waals surface area contributed by atoms with Gasteiger partial charge in [-0.25, -0.2) is 9.36 Å². The lowest BCUT2D eigenvalue weighted by atomic mass is 10.0. The molecule has 5 nitrogen and oxygen atoms in total. The van der Waals surface area contributed by atoms with Crippen molar-refractivity contribution in [2.45, 2.75) is 33.3 Å². The molecule has 0 amide bonds. The Balaban J connectivity index is 2.25. The van der Waals surface area contributed by atoms with Gasteiger partial charge in [-0.1, -0.05) is 30.3 Å². The number of carbonyl (C=O) groups excluding carboxylic acids is 2. The van der Waals surface area contributed by atoms with E-state index in [0.717, 1.165) is 0 Å². The van der Waals surface area contributed by atoms with Gasteiger partial charge >= 0.3 is 6.09 Å². The zero-order chi connectivity index (χ0) is 19.8. The van der Waals surface area contributed by atoms with E-state index < -0.39 is 11.7 Å². The van der Waals surface area contributed by atoms with E-state index in [2.05, 4.69) is 0 Å². The normalized spacial score (nSPS) is 11.4. The largest absolute Gasteiger partial charge is 0.497 e. The van der Waals surface area contributed by atoms with Crippen LogP contribution in [0.5, 0.6) is 5.75 Å². The molecule has 0 radical (unpaired) electrons. The number of rotatable bonds is 3. The van der Waals surface area contributed by atoms with Crippen LogP contribution >= 0.6 is 0 Å². The van der Waals surface area contributed by atoms with Crippen molar-refractivity contribution in [2.24, 2.45) is 0 Å². The molecular formula is C22H23NO4. The molecule has 0 spiro atoms. The summed E-state index contributed by atoms with van der Waals surface area (Å²) in [5.74, 6) is 0.472. The third-order valence-corrected chi connectivity index (χ3v) is 4.25. The highest BCUT2D eigenvalue weighted by Crippen LogP contribution is 2.31. The molecular weight excluding hydrogens is 342 g/mol. The van der Waals surface area contributed by atoms with Crippen molar-refractivity contribution in [3.05, 3.63) is 65.4 Å². The van der Waals surface area contributed by atoms with Crippen LogP contribution in [0.4, 0.5) is 4.79 Å². The highest BCUT2D eigenvalue weighted by atomic mass is 16.6. The van der Waals surface area contributed by atoms with Crippen molar-refractivity contribution in [1.82, 2.24) is 4.57 Å². The minimum Gasteiger partial charge on any atom is -0.497 e. The maximum absolute atomic E-state index is 13.2. The molecule has 0 bridgehead atoms. The first-order valence-electron chi connectivity index (χ1n) is 8.75. The molecule has 0 unspecified atom stereocenters. The molecule has 0 saturated carbocycles. The van der Waals surface area contributed by atoms with E-state index in [1.165, 1.54) is 4.57 Å². The van der Waals surface area contributed by atoms with E-state index in [1.54, 1.807) is 44.4 Å². The van der Waals surface area contributed by atoms with Crippen molar-refractivity contribution in [2.75, 3.05) is 7.11 Å². The van der Waals surface area contributed by atoms with Crippen LogP contribution in [0.1, 0.15) is 42.4 Å². The summed E-state index contributed by atoms with van der Waals surface area (Å²) in [5.41, 5.74) is 1.55. The second-order valence-electron chi connectivity index (χ2n) is 7.35. The fourth-order valence-electron chi connectivity index (χ4n) is 3.09. The first-order valence-corrected chi connectivity index (χ1v) is 8.75. The molecule has 0 aliphatic rings. The van der Waals surface area contributed by atoms with Gasteiger partial charge in [-0.15, -0.1) is 0 Å². The smallest absolute Gasteiger partial charge is 0.419 e. The third-order valence-electron chi connectivity index (χ3n) is 4.25. The standard InChI is InChI=1S/C22H23NO4/c1-14-19(20(24)15-9-7-6-8-10-15)17-13-16(26-5)11-12-18(17)23(14)21(25)27-22(2,3)4/h6-13H,1-5H3. The van der Waals surface area contributed by atoms with E-state index in [4.69, 9.17) is 9.47 Å². The van der Waals surface area contributed by atoms with Crippen LogP contribution in [0, 0.1) is 6.92 Å². The SMILES string of the molecule is COc1ccc2c(c1)c(C(=O)c1ccccc1)c(C)n2C(=O)OC(C)(C)C. The molecule has 0 atom stereocenters. The Labute approximate surface area is 158 Å². The van der Waals surface area contributed by atoms with Gasteiger partial charge < -0.3 is 9.47 Å². The van der Waals surface area contributed by atoms with Gasteiger partial charge in [0.1, 0.15) is 11.4 Å². The molecule has 0 fully saturated rings. The maximum atomic E-state index is 13.2. The minimum absolute atomic E-state index is 0.145. The number of fused-ring (bicyclic) bond motifs is 1. The maximum Gasteiger partial charge on any atom is 0.419 e. The first kappa shape index (κ1) is 18.7. The number of ketones is 1. The van der Waals surface area contributed by atoms with Crippen molar-refractivity contribution >= 4 is 22.8 Å². The van der Waals surface area contributed by atoms with Crippen LogP contribution < -0.4 is 4.74 Å². The van der Waals surface area contributed by atoms with Crippen molar-refractivity contribution in [3.8, 4) is 5.75 Å². The van der Waals surface area contributed by atoms with Gasteiger partial charge in [0.15, 0.2) is 5.78 Å². The quantitative estimate of drug-likeness (QED) is 0.615. The van der Waals surface area contributed by atoms with Crippen LogP contribution in [0.25, 0.3) is 10.9 Å². The van der Waals surface area contributed by atoms with Gasteiger partial charge in [0.25, 0.3) is 0 Å². The van der Waals surface area contributed by atoms with Crippen LogP contribution in [-0.4, -0.2) is 29.2 Å². The van der Waals surface area contributed by atoms with Crippen molar-refractivity contribution < 1.29 is 19.1 Å². The number of carbonyl (C=O) groups is 2. The van der Waals surface area contributed by atoms with Gasteiger partial charge in [0.05, 0.1) is 18.2 Å². The molecule has 27 heavy (non-hydrogen) atoms. The molecule has 0 saturated heterocycles. The highest BCUT2D eigenvalue weighted by molar-refractivity contribution is 6.18. The lowest BCUT2D eigenvalue weighted by molar-refractivity contribution is 0.0541. The van der Waals surface area contributed by atoms with Gasteiger partial charge in [0, 0.05) is 16.6 Å². The van der Waals surface area contributed by atoms with E-state index in [1.807, 2.05) is 39.0 Å². The molecule has 1 heterocycles. The molecule has 0 N–H and O–H groups in total. The minimum atomic E-state index is -0.643. The van der Waals surface area contributed by atoms with Gasteiger partial charge in [-0.3, -0.25) is 4.79 Å². The van der Waals surface area contributed by atoms with Crippen molar-refractivity contribution in [1.29, 1.82) is 0 Å². The van der Waals surface area contributed by atoms with Gasteiger partial charge in [-0.05, 0) is 45.9 Å². The Morgan fingerprint density at radius 3 is 2.26 bits per heavy atom. The second kappa shape index (κ2) is 6.91. The summed E-state index contributed by atoms with van der Waals surface area (Å²) in [7, 11) is 1.57. The second-order valence-corrected chi connectivity index (χ2v) is 7.35. The van der Waals surface area contributed by atoms with E-state index in [9.17, 15) is 9.59 Å². The Morgan fingerprint density at radius 1 is 1.00 bits per heavy atom. The fraction of sp³-hybridized carbons (Fsp3) is 0.273. The average molecular weight is 365 g/mol. The molecule has 3 rings (SSSR count). The van der Waals surface area contributed by atoms with Crippen LogP contribution in [0.15, 0.2) is 48.5 Å². The van der Waals surface area contributed by atoms with Crippen LogP contribution in [-0.2, 0) is 4.74 Å². The molecule has 1 aromatic heterocycles. The summed E-state index contributed by atoms with van der Waals surface area (Å²) in [6, 6.07) is 14.3. The lowest BCUT2D eigenvalue weighted by Gasteiger charge is -2.20. The number of hydrogen-bond donors (Lipinski definition) is 0. The van der Waals surface area contributed by atoms with E-state index in [-0.39, 0.29) is 5.78 Å². The molecule has 0 aliphatic carbocycles. The van der Waals surface area contributed by atoms with E-state index in [0.29, 0.717) is 33.5 Å². The van der Waals surface area contributed by atoms with Crippen LogP contribution in [0.3, 0.4) is 0 Å². The number of nitrogens with zero attached hydrogens (tertiary/aromatic N) is 1. The lowest BCUT2D eigenvalue weighted by Crippen LogP contribution is -2.27. The Morgan fingerprint density at radius 2 is 1.67 bits per heavy atom. The summed E-state index contributed by atoms with van der Waals surface area (Å²) in [5, 5.41) is 0.659. The summed E-state index contributed by atoms with van der Waals surface area (Å²) < 4.78 is 12.3. The molecule has 0 aliphatic heterocycles. The predicted molar refractivity (Wildman–Crippen MR) is 105 cm³/mol. The van der Waals surface area contributed by atoms with Crippen LogP contribution in [0.2, 0.25) is 0 Å². The zero-order valence-electron chi connectivity index (χ0n) is 16.2. The molecule has 3 aromatic rings. The molecule has 140 valence electrons. The Kier molecular flexibility index (Phi) is 4.79. The topological polar surface area (TPSA) is 57.5 Å². The Hall–Kier alpha value is -3.08. The number of methoxy groups -OCH3 is 1. The molecule has 5 heteroatoms. The van der Waals surface area contributed by atoms with Gasteiger partial charge in [0.2, 0.25) is 0 Å². The predicted octanol–water partition coefficient (Wildman–Crippen LogP) is 4.97. The third kappa shape index (κ3) is 3.58. The summed E-state index contributed by atoms with van der Waals surface area (Å²) in [4.78, 5) is 26.0. The van der Waals surface area contributed by atoms with Gasteiger partial charge in [-0.2, -0.15) is 0 Å². The number of benzene rings is 2. The average Bonchev–Trinajstić information content (AvgIpc) is 2.91. The zero-order valence-corrected chi connectivity index (χ0v) is 16.2. The summed E-state index contributed by atoms with van der Waals surface area (Å²) >= 11 is 0. The van der Waals surface area contributed by atoms with Crippen molar-refractivity contribution in [3.63, 3.8) is 0 Å². The summed E-state index contributed by atoms with van der Waals surface area (Å²) in [6.45, 7) is 7.19. The monoisotopic (exact) mass is 365 g/mol. The summed E-state index contributed by atoms with van der Waals surface area (Å²) in [6.07, 6.45) is -0.512. The number of hydrogen-bond acceptors (Lipinski definition) is 4. The highest BCUT2D eigenvalue weighted by Gasteiger charge is 2.27. The fourth-order valence-corrected chi connectivity index (χ4v) is 3.09.